The number of amides is 1. The first-order chi connectivity index (χ1) is 11.7. The van der Waals surface area contributed by atoms with Crippen molar-refractivity contribution in [3.8, 4) is 0 Å². The number of likely N-dealkylation sites (tertiary alicyclic amines) is 1. The van der Waals surface area contributed by atoms with Gasteiger partial charge in [0.15, 0.2) is 6.29 Å². The standard InChI is InChI=1S/C20H35NO3/c1-2-3-4-5-6-7-8-9-10-11-12-15-20(24)21-16-13-14-18(21)19(23)17-22/h17-18H,2-16H2,1H3. The van der Waals surface area contributed by atoms with Crippen LogP contribution in [0.4, 0.5) is 0 Å². The second-order valence-corrected chi connectivity index (χ2v) is 7.05. The number of aldehydes is 1. The summed E-state index contributed by atoms with van der Waals surface area (Å²) in [7, 11) is 0. The molecule has 1 fully saturated rings. The van der Waals surface area contributed by atoms with Gasteiger partial charge < -0.3 is 4.90 Å². The molecule has 0 spiro atoms. The van der Waals surface area contributed by atoms with E-state index < -0.39 is 11.8 Å². The monoisotopic (exact) mass is 337 g/mol. The van der Waals surface area contributed by atoms with E-state index in [0.29, 0.717) is 25.7 Å². The second kappa shape index (κ2) is 13.1. The van der Waals surface area contributed by atoms with E-state index in [4.69, 9.17) is 0 Å². The molecule has 24 heavy (non-hydrogen) atoms. The quantitative estimate of drug-likeness (QED) is 0.267. The largest absolute Gasteiger partial charge is 0.332 e. The first-order valence-corrected chi connectivity index (χ1v) is 9.99. The number of hydrogen-bond acceptors (Lipinski definition) is 3. The molecule has 138 valence electrons. The molecule has 1 atom stereocenters. The fraction of sp³-hybridized carbons (Fsp3) is 0.850. The number of Topliss-reactive ketones (excluding diaryl/α,β-unsaturated/α-hetero) is 1. The topological polar surface area (TPSA) is 54.5 Å². The van der Waals surface area contributed by atoms with E-state index in [9.17, 15) is 14.4 Å². The molecule has 1 aliphatic rings. The van der Waals surface area contributed by atoms with E-state index in [2.05, 4.69) is 6.92 Å². The van der Waals surface area contributed by atoms with Crippen LogP contribution >= 0.6 is 0 Å². The van der Waals surface area contributed by atoms with Crippen LogP contribution in [0.25, 0.3) is 0 Å². The normalized spacial score (nSPS) is 17.2. The number of rotatable bonds is 14. The lowest BCUT2D eigenvalue weighted by Gasteiger charge is -2.22. The molecular formula is C20H35NO3. The minimum absolute atomic E-state index is 0.0450. The summed E-state index contributed by atoms with van der Waals surface area (Å²) in [5, 5.41) is 0. The molecule has 0 aliphatic carbocycles. The summed E-state index contributed by atoms with van der Waals surface area (Å²) in [6, 6.07) is -0.484. The minimum Gasteiger partial charge on any atom is -0.332 e. The van der Waals surface area contributed by atoms with Gasteiger partial charge >= 0.3 is 0 Å². The first-order valence-electron chi connectivity index (χ1n) is 9.99. The maximum absolute atomic E-state index is 12.2. The molecule has 1 aliphatic heterocycles. The van der Waals surface area contributed by atoms with Gasteiger partial charge in [-0.15, -0.1) is 0 Å². The average molecular weight is 338 g/mol. The number of hydrogen-bond donors (Lipinski definition) is 0. The van der Waals surface area contributed by atoms with Gasteiger partial charge in [-0.1, -0.05) is 71.1 Å². The lowest BCUT2D eigenvalue weighted by Crippen LogP contribution is -2.40. The molecule has 1 rings (SSSR count). The van der Waals surface area contributed by atoms with Crippen LogP contribution < -0.4 is 0 Å². The number of unbranched alkanes of at least 4 members (excludes halogenated alkanes) is 10. The van der Waals surface area contributed by atoms with Gasteiger partial charge in [-0.3, -0.25) is 14.4 Å². The zero-order chi connectivity index (χ0) is 17.6. The van der Waals surface area contributed by atoms with Crippen LogP contribution in [-0.2, 0) is 14.4 Å². The molecule has 0 N–H and O–H groups in total. The van der Waals surface area contributed by atoms with Crippen LogP contribution in [0.5, 0.6) is 0 Å². The van der Waals surface area contributed by atoms with Crippen molar-refractivity contribution in [2.45, 2.75) is 103 Å². The Morgan fingerprint density at radius 1 is 0.917 bits per heavy atom. The van der Waals surface area contributed by atoms with E-state index >= 15 is 0 Å². The summed E-state index contributed by atoms with van der Waals surface area (Å²) in [6.45, 7) is 2.87. The van der Waals surface area contributed by atoms with Gasteiger partial charge in [-0.25, -0.2) is 0 Å². The average Bonchev–Trinajstić information content (AvgIpc) is 3.08. The summed E-state index contributed by atoms with van der Waals surface area (Å²) in [5.74, 6) is -0.400. The second-order valence-electron chi connectivity index (χ2n) is 7.05. The molecule has 4 heteroatoms. The first kappa shape index (κ1) is 20.9. The lowest BCUT2D eigenvalue weighted by molar-refractivity contribution is -0.139. The Morgan fingerprint density at radius 3 is 2.00 bits per heavy atom. The fourth-order valence-electron chi connectivity index (χ4n) is 3.52. The third-order valence-electron chi connectivity index (χ3n) is 5.01. The summed E-state index contributed by atoms with van der Waals surface area (Å²) in [4.78, 5) is 36.0. The number of carbonyl (C=O) groups is 3. The van der Waals surface area contributed by atoms with Crippen molar-refractivity contribution in [2.24, 2.45) is 0 Å². The highest BCUT2D eigenvalue weighted by atomic mass is 16.2. The molecule has 0 radical (unpaired) electrons. The molecule has 0 aromatic carbocycles. The number of nitrogens with zero attached hydrogens (tertiary/aromatic N) is 1. The van der Waals surface area contributed by atoms with Crippen molar-refractivity contribution in [1.29, 1.82) is 0 Å². The van der Waals surface area contributed by atoms with Gasteiger partial charge in [0.2, 0.25) is 11.7 Å². The molecule has 0 saturated carbocycles. The van der Waals surface area contributed by atoms with Gasteiger partial charge in [0.05, 0.1) is 6.04 Å². The number of ketones is 1. The fourth-order valence-corrected chi connectivity index (χ4v) is 3.52. The summed E-state index contributed by atoms with van der Waals surface area (Å²) >= 11 is 0. The molecule has 0 aromatic heterocycles. The van der Waals surface area contributed by atoms with Crippen molar-refractivity contribution in [3.63, 3.8) is 0 Å². The molecular weight excluding hydrogens is 302 g/mol. The van der Waals surface area contributed by atoms with Gasteiger partial charge in [0.1, 0.15) is 0 Å². The summed E-state index contributed by atoms with van der Waals surface area (Å²) < 4.78 is 0. The van der Waals surface area contributed by atoms with Crippen LogP contribution in [0.2, 0.25) is 0 Å². The van der Waals surface area contributed by atoms with Gasteiger partial charge in [-0.2, -0.15) is 0 Å². The predicted octanol–water partition coefficient (Wildman–Crippen LogP) is 4.45. The Balaban J connectivity index is 2.00. The van der Waals surface area contributed by atoms with Crippen LogP contribution in [0.3, 0.4) is 0 Å². The highest BCUT2D eigenvalue weighted by Crippen LogP contribution is 2.20. The Morgan fingerprint density at radius 2 is 1.46 bits per heavy atom. The number of carbonyl (C=O) groups excluding carboxylic acids is 3. The van der Waals surface area contributed by atoms with Crippen molar-refractivity contribution in [1.82, 2.24) is 4.90 Å². The smallest absolute Gasteiger partial charge is 0.223 e. The predicted molar refractivity (Wildman–Crippen MR) is 96.9 cm³/mol. The van der Waals surface area contributed by atoms with E-state index in [1.165, 1.54) is 57.8 Å². The van der Waals surface area contributed by atoms with Crippen LogP contribution in [0.15, 0.2) is 0 Å². The molecule has 1 heterocycles. The molecule has 0 bridgehead atoms. The highest BCUT2D eigenvalue weighted by Gasteiger charge is 2.32. The van der Waals surface area contributed by atoms with Crippen molar-refractivity contribution in [3.05, 3.63) is 0 Å². The minimum atomic E-state index is -0.484. The van der Waals surface area contributed by atoms with E-state index in [0.717, 1.165) is 19.3 Å². The lowest BCUT2D eigenvalue weighted by atomic mass is 10.0. The van der Waals surface area contributed by atoms with Crippen LogP contribution in [0, 0.1) is 0 Å². The molecule has 1 unspecified atom stereocenters. The van der Waals surface area contributed by atoms with E-state index in [-0.39, 0.29) is 5.91 Å². The van der Waals surface area contributed by atoms with Gasteiger partial charge in [0.25, 0.3) is 0 Å². The maximum atomic E-state index is 12.2. The molecule has 1 saturated heterocycles. The summed E-state index contributed by atoms with van der Waals surface area (Å²) in [6.07, 6.45) is 16.2. The van der Waals surface area contributed by atoms with Gasteiger partial charge in [0, 0.05) is 13.0 Å². The van der Waals surface area contributed by atoms with Crippen molar-refractivity contribution < 1.29 is 14.4 Å². The van der Waals surface area contributed by atoms with E-state index in [1.54, 1.807) is 4.90 Å². The molecule has 4 nitrogen and oxygen atoms in total. The SMILES string of the molecule is CCCCCCCCCCCCCC(=O)N1CCCC1C(=O)C=O. The third kappa shape index (κ3) is 8.07. The zero-order valence-electron chi connectivity index (χ0n) is 15.4. The summed E-state index contributed by atoms with van der Waals surface area (Å²) in [5.41, 5.74) is 0. The van der Waals surface area contributed by atoms with Crippen LogP contribution in [-0.4, -0.2) is 35.5 Å². The van der Waals surface area contributed by atoms with Crippen molar-refractivity contribution >= 4 is 18.0 Å². The third-order valence-corrected chi connectivity index (χ3v) is 5.01. The molecule has 0 aromatic rings. The Bertz CT molecular complexity index is 381. The Labute approximate surface area is 147 Å². The zero-order valence-corrected chi connectivity index (χ0v) is 15.4. The molecule has 1 amide bonds. The van der Waals surface area contributed by atoms with Gasteiger partial charge in [-0.05, 0) is 19.3 Å². The van der Waals surface area contributed by atoms with Crippen LogP contribution in [0.1, 0.15) is 96.8 Å². The van der Waals surface area contributed by atoms with E-state index in [1.807, 2.05) is 0 Å². The maximum Gasteiger partial charge on any atom is 0.223 e. The van der Waals surface area contributed by atoms with Crippen molar-refractivity contribution in [2.75, 3.05) is 6.54 Å². The Kier molecular flexibility index (Phi) is 11.4. The Hall–Kier alpha value is -1.19. The highest BCUT2D eigenvalue weighted by molar-refractivity contribution is 6.28.